The Morgan fingerprint density at radius 3 is 2.75 bits per heavy atom. The Kier molecular flexibility index (Phi) is 5.50. The van der Waals surface area contributed by atoms with E-state index in [-0.39, 0.29) is 12.1 Å². The van der Waals surface area contributed by atoms with Crippen LogP contribution >= 0.6 is 0 Å². The zero-order chi connectivity index (χ0) is 19.3. The van der Waals surface area contributed by atoms with Gasteiger partial charge < -0.3 is 25.0 Å². The van der Waals surface area contributed by atoms with Crippen LogP contribution in [0.15, 0.2) is 36.5 Å². The van der Waals surface area contributed by atoms with Gasteiger partial charge in [0.15, 0.2) is 11.5 Å². The fourth-order valence-corrected chi connectivity index (χ4v) is 3.53. The van der Waals surface area contributed by atoms with Crippen LogP contribution < -0.4 is 25.0 Å². The molecule has 1 aromatic carbocycles. The number of hydrogen-bond acceptors (Lipinski definition) is 5. The summed E-state index contributed by atoms with van der Waals surface area (Å²) in [4.78, 5) is 19.1. The van der Waals surface area contributed by atoms with Crippen LogP contribution in [0.5, 0.6) is 11.5 Å². The molecule has 1 saturated heterocycles. The molecule has 2 amide bonds. The number of carbonyl (C=O) groups is 1. The van der Waals surface area contributed by atoms with Gasteiger partial charge in [-0.05, 0) is 55.2 Å². The summed E-state index contributed by atoms with van der Waals surface area (Å²) >= 11 is 0. The van der Waals surface area contributed by atoms with Gasteiger partial charge in [-0.1, -0.05) is 6.07 Å². The van der Waals surface area contributed by atoms with E-state index < -0.39 is 0 Å². The van der Waals surface area contributed by atoms with E-state index in [0.717, 1.165) is 41.5 Å². The summed E-state index contributed by atoms with van der Waals surface area (Å²) in [7, 11) is 0. The van der Waals surface area contributed by atoms with Crippen molar-refractivity contribution in [3.63, 3.8) is 0 Å². The summed E-state index contributed by atoms with van der Waals surface area (Å²) in [5.41, 5.74) is 2.01. The fraction of sp³-hybridized carbons (Fsp3) is 0.429. The zero-order valence-electron chi connectivity index (χ0n) is 16.1. The van der Waals surface area contributed by atoms with Gasteiger partial charge >= 0.3 is 6.03 Å². The number of ether oxygens (including phenoxy) is 2. The average Bonchev–Trinajstić information content (AvgIpc) is 3.27. The molecule has 28 heavy (non-hydrogen) atoms. The Bertz CT molecular complexity index is 836. The normalized spacial score (nSPS) is 16.5. The van der Waals surface area contributed by atoms with Crippen LogP contribution in [0.2, 0.25) is 0 Å². The molecule has 4 rings (SSSR count). The van der Waals surface area contributed by atoms with Gasteiger partial charge in [0.2, 0.25) is 0 Å². The summed E-state index contributed by atoms with van der Waals surface area (Å²) < 4.78 is 11.2. The van der Waals surface area contributed by atoms with E-state index >= 15 is 0 Å². The highest BCUT2D eigenvalue weighted by atomic mass is 16.6. The van der Waals surface area contributed by atoms with Crippen LogP contribution in [-0.2, 0) is 6.54 Å². The Morgan fingerprint density at radius 1 is 1.14 bits per heavy atom. The van der Waals surface area contributed by atoms with Crippen molar-refractivity contribution in [1.82, 2.24) is 15.6 Å². The first kappa shape index (κ1) is 18.4. The third-order valence-corrected chi connectivity index (χ3v) is 5.11. The SMILES string of the molecule is CC(NC(=O)NCc1ccnc(N2CCCC2)c1)c1ccc2c(c1)OCCO2. The van der Waals surface area contributed by atoms with Gasteiger partial charge in [-0.25, -0.2) is 9.78 Å². The second kappa shape index (κ2) is 8.37. The smallest absolute Gasteiger partial charge is 0.315 e. The number of benzene rings is 1. The van der Waals surface area contributed by atoms with Crippen LogP contribution in [0.3, 0.4) is 0 Å². The third-order valence-electron chi connectivity index (χ3n) is 5.11. The Hall–Kier alpha value is -2.96. The van der Waals surface area contributed by atoms with Gasteiger partial charge in [-0.2, -0.15) is 0 Å². The van der Waals surface area contributed by atoms with Crippen molar-refractivity contribution in [3.05, 3.63) is 47.7 Å². The fourth-order valence-electron chi connectivity index (χ4n) is 3.53. The summed E-state index contributed by atoms with van der Waals surface area (Å²) in [5, 5.41) is 5.90. The number of urea groups is 1. The highest BCUT2D eigenvalue weighted by Crippen LogP contribution is 2.32. The molecule has 3 heterocycles. The van der Waals surface area contributed by atoms with E-state index in [1.54, 1.807) is 6.20 Å². The molecule has 2 N–H and O–H groups in total. The van der Waals surface area contributed by atoms with E-state index in [1.165, 1.54) is 12.8 Å². The van der Waals surface area contributed by atoms with Gasteiger partial charge in [0, 0.05) is 25.8 Å². The number of carbonyl (C=O) groups excluding carboxylic acids is 1. The number of rotatable bonds is 5. The number of anilines is 1. The van der Waals surface area contributed by atoms with Crippen LogP contribution in [-0.4, -0.2) is 37.3 Å². The van der Waals surface area contributed by atoms with Crippen LogP contribution in [0.25, 0.3) is 0 Å². The summed E-state index contributed by atoms with van der Waals surface area (Å²) in [6.07, 6.45) is 4.23. The minimum atomic E-state index is -0.207. The summed E-state index contributed by atoms with van der Waals surface area (Å²) in [6.45, 7) is 5.63. The standard InChI is InChI=1S/C21H26N4O3/c1-15(17-4-5-18-19(13-17)28-11-10-27-18)24-21(26)23-14-16-6-7-22-20(12-16)25-8-2-3-9-25/h4-7,12-13,15H,2-3,8-11,14H2,1H3,(H2,23,24,26). The maximum Gasteiger partial charge on any atom is 0.315 e. The molecule has 2 aliphatic rings. The molecular formula is C21H26N4O3. The summed E-state index contributed by atoms with van der Waals surface area (Å²) in [6, 6.07) is 9.39. The quantitative estimate of drug-likeness (QED) is 0.831. The maximum absolute atomic E-state index is 12.3. The third kappa shape index (κ3) is 4.30. The zero-order valence-corrected chi connectivity index (χ0v) is 16.1. The molecule has 0 bridgehead atoms. The number of hydrogen-bond donors (Lipinski definition) is 2. The lowest BCUT2D eigenvalue weighted by molar-refractivity contribution is 0.171. The lowest BCUT2D eigenvalue weighted by Gasteiger charge is -2.21. The maximum atomic E-state index is 12.3. The van der Waals surface area contributed by atoms with Gasteiger partial charge in [-0.15, -0.1) is 0 Å². The lowest BCUT2D eigenvalue weighted by Crippen LogP contribution is -2.36. The van der Waals surface area contributed by atoms with E-state index in [0.29, 0.717) is 19.8 Å². The van der Waals surface area contributed by atoms with Crippen molar-refractivity contribution in [2.45, 2.75) is 32.4 Å². The Balaban J connectivity index is 1.31. The van der Waals surface area contributed by atoms with Gasteiger partial charge in [0.05, 0.1) is 6.04 Å². The van der Waals surface area contributed by atoms with E-state index in [9.17, 15) is 4.79 Å². The van der Waals surface area contributed by atoms with Gasteiger partial charge in [0.1, 0.15) is 19.0 Å². The largest absolute Gasteiger partial charge is 0.486 e. The number of nitrogens with zero attached hydrogens (tertiary/aromatic N) is 2. The van der Waals surface area contributed by atoms with Crippen LogP contribution in [0.1, 0.15) is 36.9 Å². The minimum absolute atomic E-state index is 0.145. The molecule has 1 unspecified atom stereocenters. The molecular weight excluding hydrogens is 356 g/mol. The Morgan fingerprint density at radius 2 is 1.93 bits per heavy atom. The van der Waals surface area contributed by atoms with Gasteiger partial charge in [0.25, 0.3) is 0 Å². The monoisotopic (exact) mass is 382 g/mol. The average molecular weight is 382 g/mol. The molecule has 1 atom stereocenters. The van der Waals surface area contributed by atoms with Crippen molar-refractivity contribution >= 4 is 11.8 Å². The highest BCUT2D eigenvalue weighted by molar-refractivity contribution is 5.74. The number of amides is 2. The van der Waals surface area contributed by atoms with Crippen molar-refractivity contribution in [3.8, 4) is 11.5 Å². The van der Waals surface area contributed by atoms with E-state index in [2.05, 4.69) is 26.6 Å². The first-order valence-corrected chi connectivity index (χ1v) is 9.83. The molecule has 0 spiro atoms. The molecule has 0 radical (unpaired) electrons. The van der Waals surface area contributed by atoms with E-state index in [1.807, 2.05) is 31.2 Å². The topological polar surface area (TPSA) is 75.7 Å². The minimum Gasteiger partial charge on any atom is -0.486 e. The first-order chi connectivity index (χ1) is 13.7. The number of nitrogens with one attached hydrogen (secondary N) is 2. The molecule has 0 saturated carbocycles. The predicted molar refractivity (Wildman–Crippen MR) is 107 cm³/mol. The van der Waals surface area contributed by atoms with Crippen molar-refractivity contribution < 1.29 is 14.3 Å². The van der Waals surface area contributed by atoms with Crippen molar-refractivity contribution in [2.24, 2.45) is 0 Å². The van der Waals surface area contributed by atoms with Crippen LogP contribution in [0.4, 0.5) is 10.6 Å². The van der Waals surface area contributed by atoms with Gasteiger partial charge in [-0.3, -0.25) is 0 Å². The molecule has 0 aliphatic carbocycles. The van der Waals surface area contributed by atoms with Crippen molar-refractivity contribution in [2.75, 3.05) is 31.2 Å². The van der Waals surface area contributed by atoms with E-state index in [4.69, 9.17) is 9.47 Å². The molecule has 2 aliphatic heterocycles. The lowest BCUT2D eigenvalue weighted by atomic mass is 10.1. The molecule has 148 valence electrons. The Labute approximate surface area is 165 Å². The number of fused-ring (bicyclic) bond motifs is 1. The number of pyridine rings is 1. The summed E-state index contributed by atoms with van der Waals surface area (Å²) in [5.74, 6) is 2.46. The van der Waals surface area contributed by atoms with Crippen molar-refractivity contribution in [1.29, 1.82) is 0 Å². The van der Waals surface area contributed by atoms with Crippen LogP contribution in [0, 0.1) is 0 Å². The number of aromatic nitrogens is 1. The first-order valence-electron chi connectivity index (χ1n) is 9.83. The highest BCUT2D eigenvalue weighted by Gasteiger charge is 2.16. The molecule has 2 aromatic rings. The molecule has 1 aromatic heterocycles. The second-order valence-corrected chi connectivity index (χ2v) is 7.17. The molecule has 1 fully saturated rings. The molecule has 7 heteroatoms. The second-order valence-electron chi connectivity index (χ2n) is 7.17. The molecule has 7 nitrogen and oxygen atoms in total. The predicted octanol–water partition coefficient (Wildman–Crippen LogP) is 3.01.